The number of aryl methyl sites for hydroxylation is 2. The van der Waals surface area contributed by atoms with E-state index in [2.05, 4.69) is 402 Å². The molecule has 0 aliphatic carbocycles. The molecule has 0 amide bonds. The van der Waals surface area contributed by atoms with Crippen molar-refractivity contribution in [1.82, 2.24) is 0 Å². The van der Waals surface area contributed by atoms with Gasteiger partial charge < -0.3 is 0 Å². The first-order valence-corrected chi connectivity index (χ1v) is 42.0. The Bertz CT molecular complexity index is 3720. The number of benzene rings is 14. The average Bonchev–Trinajstić information content (AvgIpc) is 0.712. The second-order valence-electron chi connectivity index (χ2n) is 23.9. The Balaban J connectivity index is 1.21. The van der Waals surface area contributed by atoms with Crippen molar-refractivity contribution in [3.8, 4) is 0 Å². The normalized spacial score (nSPS) is 11.9. The van der Waals surface area contributed by atoms with E-state index in [-0.39, 0.29) is 0 Å². The van der Waals surface area contributed by atoms with Gasteiger partial charge in [-0.05, 0) is 96.8 Å². The third kappa shape index (κ3) is 10.6. The summed E-state index contributed by atoms with van der Waals surface area (Å²) in [6, 6.07) is 150. The van der Waals surface area contributed by atoms with E-state index < -0.39 is 32.3 Å². The maximum atomic E-state index is 2.62. The van der Waals surface area contributed by atoms with Gasteiger partial charge in [0.05, 0.1) is 0 Å². The summed E-state index contributed by atoms with van der Waals surface area (Å²) in [7, 11) is -9.34. The van der Waals surface area contributed by atoms with E-state index in [4.69, 9.17) is 0 Å². The Hall–Kier alpha value is -9.35. The van der Waals surface area contributed by atoms with Crippen LogP contribution in [0.4, 0.5) is 0 Å². The summed E-state index contributed by atoms with van der Waals surface area (Å²) >= 11 is 0. The predicted molar refractivity (Wildman–Crippen MR) is 409 cm³/mol. The molecule has 0 atom stereocenters. The van der Waals surface area contributed by atoms with Crippen molar-refractivity contribution in [2.45, 2.75) is 23.6 Å². The molecule has 0 fully saturated rings. The van der Waals surface area contributed by atoms with Gasteiger partial charge in [-0.15, -0.1) is 0 Å². The smallest absolute Gasteiger partial charge is 0.0623 e. The SMILES string of the molecule is Cc1cc([Si](c2ccccc2)(c2ccccc2)c2ccccc2)c(SSc2c([Si](c3ccccc3)(c3ccccc3)c3ccccc3)cc(C)cc2[Si](c2ccccc2)(c2ccccc2)c2ccccc2)c([Si](c2ccccc2)(c2ccccc2)c2ccccc2)c1. The fourth-order valence-electron chi connectivity index (χ4n) is 15.0. The van der Waals surface area contributed by atoms with Gasteiger partial charge in [0, 0.05) is 9.79 Å². The van der Waals surface area contributed by atoms with Gasteiger partial charge in [-0.25, -0.2) is 0 Å². The van der Waals surface area contributed by atoms with Gasteiger partial charge in [-0.3, -0.25) is 0 Å². The topological polar surface area (TPSA) is 0 Å². The minimum Gasteiger partial charge on any atom is -0.0623 e. The first kappa shape index (κ1) is 60.2. The van der Waals surface area contributed by atoms with Crippen LogP contribution in [-0.2, 0) is 0 Å². The zero-order valence-electron chi connectivity index (χ0n) is 51.8. The van der Waals surface area contributed by atoms with Crippen molar-refractivity contribution in [1.29, 1.82) is 0 Å². The van der Waals surface area contributed by atoms with E-state index >= 15 is 0 Å². The second kappa shape index (κ2) is 26.8. The van der Waals surface area contributed by atoms with E-state index in [0.29, 0.717) is 0 Å². The summed E-state index contributed by atoms with van der Waals surface area (Å²) in [5, 5.41) is 21.7. The van der Waals surface area contributed by atoms with Gasteiger partial charge in [0.1, 0.15) is 0 Å². The molecule has 0 N–H and O–H groups in total. The Kier molecular flexibility index (Phi) is 17.6. The highest BCUT2D eigenvalue weighted by atomic mass is 33.1. The first-order chi connectivity index (χ1) is 45.5. The largest absolute Gasteiger partial charge is 0.180 e. The van der Waals surface area contributed by atoms with Crippen LogP contribution >= 0.6 is 21.6 Å². The fourth-order valence-corrected chi connectivity index (χ4v) is 40.7. The van der Waals surface area contributed by atoms with Gasteiger partial charge in [0.25, 0.3) is 0 Å². The molecule has 442 valence electrons. The summed E-state index contributed by atoms with van der Waals surface area (Å²) < 4.78 is 0. The Morgan fingerprint density at radius 2 is 0.272 bits per heavy atom. The number of hydrogen-bond acceptors (Lipinski definition) is 2. The highest BCUT2D eigenvalue weighted by Gasteiger charge is 2.51. The van der Waals surface area contributed by atoms with Crippen molar-refractivity contribution >= 4 is 137 Å². The Morgan fingerprint density at radius 3 is 0.380 bits per heavy atom. The molecule has 0 saturated carbocycles. The van der Waals surface area contributed by atoms with E-state index in [1.54, 1.807) is 0 Å². The zero-order chi connectivity index (χ0) is 62.2. The molecule has 92 heavy (non-hydrogen) atoms. The maximum Gasteiger partial charge on any atom is 0.180 e. The molecule has 0 aromatic heterocycles. The lowest BCUT2D eigenvalue weighted by molar-refractivity contribution is 1.43. The lowest BCUT2D eigenvalue weighted by Gasteiger charge is -2.41. The van der Waals surface area contributed by atoms with Crippen molar-refractivity contribution in [2.24, 2.45) is 0 Å². The molecule has 0 heterocycles. The standard InChI is InChI=1S/C86H70S2Si4/c1-67-63-81(89(69-39-15-3-16-40-69,70-41-17-4-18-42-70)71-43-19-5-20-44-71)85(82(64-67)90(72-45-21-6-22-46-72,73-47-23-7-24-48-73)74-49-25-8-26-50-74)87-88-86-83(91(75-51-27-9-28-52-75,76-53-29-10-30-54-76)77-55-31-11-32-56-77)65-68(2)66-84(86)92(78-57-33-12-34-58-78,79-59-35-13-36-60-79)80-61-37-14-38-62-80/h3-66H,1-2H3. The van der Waals surface area contributed by atoms with Crippen molar-refractivity contribution < 1.29 is 0 Å². The third-order valence-corrected chi connectivity index (χ3v) is 41.2. The lowest BCUT2D eigenvalue weighted by Crippen LogP contribution is -2.79. The molecular weight excluding hydrogens is 1210 g/mol. The Morgan fingerprint density at radius 1 is 0.163 bits per heavy atom. The molecule has 14 aromatic carbocycles. The molecule has 0 aliphatic heterocycles. The average molecular weight is 1280 g/mol. The summed E-state index contributed by atoms with van der Waals surface area (Å²) in [5.74, 6) is 0. The summed E-state index contributed by atoms with van der Waals surface area (Å²) in [6.07, 6.45) is 0. The van der Waals surface area contributed by atoms with Crippen LogP contribution in [0, 0.1) is 13.8 Å². The minimum atomic E-state index is -3.35. The van der Waals surface area contributed by atoms with E-state index in [0.717, 1.165) is 0 Å². The van der Waals surface area contributed by atoms with Gasteiger partial charge in [0.15, 0.2) is 32.3 Å². The third-order valence-electron chi connectivity index (χ3n) is 18.8. The molecule has 14 rings (SSSR count). The molecule has 0 saturated heterocycles. The molecule has 0 spiro atoms. The second-order valence-corrected chi connectivity index (χ2v) is 41.2. The van der Waals surface area contributed by atoms with Crippen molar-refractivity contribution in [2.75, 3.05) is 0 Å². The van der Waals surface area contributed by atoms with Gasteiger partial charge in [-0.1, -0.05) is 421 Å². The van der Waals surface area contributed by atoms with E-state index in [1.165, 1.54) is 104 Å². The first-order valence-electron chi connectivity index (χ1n) is 31.8. The van der Waals surface area contributed by atoms with Crippen LogP contribution in [-0.4, -0.2) is 32.3 Å². The van der Waals surface area contributed by atoms with E-state index in [9.17, 15) is 0 Å². The number of rotatable bonds is 19. The van der Waals surface area contributed by atoms with Crippen LogP contribution in [0.15, 0.2) is 398 Å². The van der Waals surface area contributed by atoms with Crippen LogP contribution in [0.3, 0.4) is 0 Å². The molecular formula is C86H70S2Si4. The molecule has 0 bridgehead atoms. The van der Waals surface area contributed by atoms with Crippen molar-refractivity contribution in [3.63, 3.8) is 0 Å². The molecule has 0 unspecified atom stereocenters. The van der Waals surface area contributed by atoms with Crippen LogP contribution in [0.2, 0.25) is 0 Å². The predicted octanol–water partition coefficient (Wildman–Crippen LogP) is 10.6. The highest BCUT2D eigenvalue weighted by Crippen LogP contribution is 2.39. The summed E-state index contributed by atoms with van der Waals surface area (Å²) in [4.78, 5) is 2.64. The number of hydrogen-bond donors (Lipinski definition) is 0. The van der Waals surface area contributed by atoms with Crippen LogP contribution in [0.5, 0.6) is 0 Å². The van der Waals surface area contributed by atoms with Crippen LogP contribution < -0.4 is 83.0 Å². The summed E-state index contributed by atoms with van der Waals surface area (Å²) in [6.45, 7) is 4.73. The maximum absolute atomic E-state index is 3.35. The van der Waals surface area contributed by atoms with Gasteiger partial charge in [0.2, 0.25) is 0 Å². The fraction of sp³-hybridized carbons (Fsp3) is 0.0233. The molecule has 0 nitrogen and oxygen atoms in total. The molecule has 0 radical (unpaired) electrons. The Labute approximate surface area is 555 Å². The molecule has 6 heteroatoms. The van der Waals surface area contributed by atoms with Crippen LogP contribution in [0.25, 0.3) is 0 Å². The van der Waals surface area contributed by atoms with E-state index in [1.807, 2.05) is 21.6 Å². The monoisotopic (exact) mass is 1280 g/mol. The van der Waals surface area contributed by atoms with Crippen molar-refractivity contribution in [3.05, 3.63) is 399 Å². The van der Waals surface area contributed by atoms with Gasteiger partial charge >= 0.3 is 0 Å². The summed E-state index contributed by atoms with van der Waals surface area (Å²) in [5.41, 5.74) is 2.49. The van der Waals surface area contributed by atoms with Crippen LogP contribution in [0.1, 0.15) is 11.1 Å². The minimum absolute atomic E-state index is 1.24. The lowest BCUT2D eigenvalue weighted by atomic mass is 10.2. The highest BCUT2D eigenvalue weighted by molar-refractivity contribution is 8.77. The quantitative estimate of drug-likeness (QED) is 0.0450. The molecule has 0 aliphatic rings. The van der Waals surface area contributed by atoms with Gasteiger partial charge in [-0.2, -0.15) is 0 Å². The molecule has 14 aromatic rings. The zero-order valence-corrected chi connectivity index (χ0v) is 57.4.